The van der Waals surface area contributed by atoms with Gasteiger partial charge >= 0.3 is 6.18 Å². The van der Waals surface area contributed by atoms with Crippen LogP contribution >= 0.6 is 11.3 Å². The summed E-state index contributed by atoms with van der Waals surface area (Å²) in [5, 5.41) is 0. The molecule has 28 heavy (non-hydrogen) atoms. The summed E-state index contributed by atoms with van der Waals surface area (Å²) in [6, 6.07) is 11.2. The molecule has 0 bridgehead atoms. The summed E-state index contributed by atoms with van der Waals surface area (Å²) in [5.74, 6) is 0.296. The highest BCUT2D eigenvalue weighted by molar-refractivity contribution is 7.07. The van der Waals surface area contributed by atoms with Crippen molar-refractivity contribution >= 4 is 29.3 Å². The Morgan fingerprint density at radius 2 is 1.86 bits per heavy atom. The van der Waals surface area contributed by atoms with E-state index in [-0.39, 0.29) is 15.9 Å². The molecule has 3 rings (SSSR count). The highest BCUT2D eigenvalue weighted by Crippen LogP contribution is 2.29. The number of aromatic nitrogens is 1. The Labute approximate surface area is 161 Å². The molecule has 0 atom stereocenters. The number of halogens is 3. The lowest BCUT2D eigenvalue weighted by atomic mass is 10.1. The Hall–Kier alpha value is -3.13. The molecule has 144 valence electrons. The minimum Gasteiger partial charge on any atom is -0.497 e. The van der Waals surface area contributed by atoms with Gasteiger partial charge in [-0.05, 0) is 48.0 Å². The Bertz CT molecular complexity index is 1170. The molecule has 0 amide bonds. The fourth-order valence-corrected chi connectivity index (χ4v) is 3.32. The summed E-state index contributed by atoms with van der Waals surface area (Å²) in [4.78, 5) is 26.9. The third-order valence-corrected chi connectivity index (χ3v) is 4.79. The number of methoxy groups -OCH3 is 1. The highest BCUT2D eigenvalue weighted by atomic mass is 32.1. The first kappa shape index (κ1) is 19.6. The van der Waals surface area contributed by atoms with Gasteiger partial charge in [0.05, 0.1) is 21.9 Å². The quantitative estimate of drug-likeness (QED) is 0.679. The fourth-order valence-electron chi connectivity index (χ4n) is 2.44. The summed E-state index contributed by atoms with van der Waals surface area (Å²) < 4.78 is 44.0. The minimum absolute atomic E-state index is 0.202. The molecule has 0 aliphatic carbocycles. The van der Waals surface area contributed by atoms with Crippen molar-refractivity contribution in [1.82, 2.24) is 4.98 Å². The molecular weight excluding hydrogens is 391 g/mol. The van der Waals surface area contributed by atoms with E-state index in [1.54, 1.807) is 24.3 Å². The number of carbonyl (C=O) groups excluding carboxylic acids is 1. The molecule has 8 heteroatoms. The molecule has 3 aromatic rings. The monoisotopic (exact) mass is 405 g/mol. The topological polar surface area (TPSA) is 59.2 Å². The Balaban J connectivity index is 1.94. The predicted molar refractivity (Wildman–Crippen MR) is 101 cm³/mol. The Morgan fingerprint density at radius 1 is 1.14 bits per heavy atom. The second kappa shape index (κ2) is 7.85. The standard InChI is InChI=1S/C20H14F3NO3S/c1-27-15-7-5-13(6-8-15)16(25)11-18-24-19(26)17(28-18)10-12-3-2-4-14(9-12)20(21,22)23/h2-11H,1H3,(H,24,26)/b17-10+,18-11-. The molecule has 0 spiro atoms. The maximum Gasteiger partial charge on any atom is 0.416 e. The molecule has 0 saturated heterocycles. The summed E-state index contributed by atoms with van der Waals surface area (Å²) in [7, 11) is 1.52. The van der Waals surface area contributed by atoms with E-state index in [1.807, 2.05) is 0 Å². The number of thiazole rings is 1. The van der Waals surface area contributed by atoms with E-state index < -0.39 is 17.3 Å². The van der Waals surface area contributed by atoms with Crippen molar-refractivity contribution in [3.05, 3.63) is 84.8 Å². The van der Waals surface area contributed by atoms with E-state index in [9.17, 15) is 22.8 Å². The van der Waals surface area contributed by atoms with Crippen LogP contribution in [0.5, 0.6) is 5.75 Å². The first-order chi connectivity index (χ1) is 13.3. The van der Waals surface area contributed by atoms with Crippen LogP contribution in [-0.4, -0.2) is 17.9 Å². The van der Waals surface area contributed by atoms with Gasteiger partial charge in [0.2, 0.25) is 0 Å². The van der Waals surface area contributed by atoms with Gasteiger partial charge in [0, 0.05) is 11.6 Å². The van der Waals surface area contributed by atoms with Crippen LogP contribution in [0.1, 0.15) is 21.5 Å². The molecular formula is C20H14F3NO3S. The van der Waals surface area contributed by atoms with Gasteiger partial charge in [-0.25, -0.2) is 0 Å². The lowest BCUT2D eigenvalue weighted by molar-refractivity contribution is -0.137. The van der Waals surface area contributed by atoms with Gasteiger partial charge in [-0.3, -0.25) is 9.59 Å². The van der Waals surface area contributed by atoms with Crippen LogP contribution in [0, 0.1) is 0 Å². The predicted octanol–water partition coefficient (Wildman–Crippen LogP) is 2.96. The smallest absolute Gasteiger partial charge is 0.416 e. The zero-order valence-corrected chi connectivity index (χ0v) is 15.4. The van der Waals surface area contributed by atoms with E-state index in [0.29, 0.717) is 16.0 Å². The molecule has 0 radical (unpaired) electrons. The maximum atomic E-state index is 12.8. The van der Waals surface area contributed by atoms with Crippen molar-refractivity contribution in [3.8, 4) is 5.75 Å². The number of H-pyrrole nitrogens is 1. The first-order valence-electron chi connectivity index (χ1n) is 8.04. The van der Waals surface area contributed by atoms with E-state index in [1.165, 1.54) is 31.4 Å². The van der Waals surface area contributed by atoms with Crippen molar-refractivity contribution < 1.29 is 22.7 Å². The molecule has 1 aromatic heterocycles. The number of ketones is 1. The number of alkyl halides is 3. The van der Waals surface area contributed by atoms with Crippen molar-refractivity contribution in [1.29, 1.82) is 0 Å². The fraction of sp³-hybridized carbons (Fsp3) is 0.100. The average Bonchev–Trinajstić information content (AvgIpc) is 3.00. The third-order valence-electron chi connectivity index (χ3n) is 3.83. The average molecular weight is 405 g/mol. The van der Waals surface area contributed by atoms with Crippen LogP contribution in [-0.2, 0) is 6.18 Å². The van der Waals surface area contributed by atoms with E-state index >= 15 is 0 Å². The van der Waals surface area contributed by atoms with Gasteiger partial charge in [-0.2, -0.15) is 13.2 Å². The van der Waals surface area contributed by atoms with Crippen LogP contribution in [0.15, 0.2) is 53.3 Å². The summed E-state index contributed by atoms with van der Waals surface area (Å²) in [6.07, 6.45) is -1.83. The number of hydrogen-bond donors (Lipinski definition) is 1. The Kier molecular flexibility index (Phi) is 5.51. The van der Waals surface area contributed by atoms with E-state index in [4.69, 9.17) is 4.74 Å². The summed E-state index contributed by atoms with van der Waals surface area (Å²) >= 11 is 0.992. The van der Waals surface area contributed by atoms with Crippen LogP contribution in [0.2, 0.25) is 0 Å². The molecule has 4 nitrogen and oxygen atoms in total. The van der Waals surface area contributed by atoms with Crippen LogP contribution in [0.3, 0.4) is 0 Å². The van der Waals surface area contributed by atoms with Crippen molar-refractivity contribution in [3.63, 3.8) is 0 Å². The number of hydrogen-bond acceptors (Lipinski definition) is 4. The van der Waals surface area contributed by atoms with Crippen LogP contribution < -0.4 is 19.5 Å². The van der Waals surface area contributed by atoms with Crippen molar-refractivity contribution in [2.24, 2.45) is 0 Å². The number of carbonyl (C=O) groups is 1. The zero-order valence-electron chi connectivity index (χ0n) is 14.5. The van der Waals surface area contributed by atoms with Gasteiger partial charge in [0.25, 0.3) is 5.56 Å². The number of Topliss-reactive ketones (excluding diaryl/α,β-unsaturated/α-hetero) is 1. The molecule has 0 fully saturated rings. The van der Waals surface area contributed by atoms with Gasteiger partial charge in [-0.15, -0.1) is 11.3 Å². The van der Waals surface area contributed by atoms with Gasteiger partial charge < -0.3 is 9.72 Å². The summed E-state index contributed by atoms with van der Waals surface area (Å²) in [5.41, 5.74) is -0.611. The molecule has 1 N–H and O–H groups in total. The number of ether oxygens (including phenoxy) is 1. The lowest BCUT2D eigenvalue weighted by Crippen LogP contribution is -2.20. The molecule has 2 aromatic carbocycles. The van der Waals surface area contributed by atoms with Gasteiger partial charge in [-0.1, -0.05) is 12.1 Å². The molecule has 0 aliphatic rings. The Morgan fingerprint density at radius 3 is 2.50 bits per heavy atom. The van der Waals surface area contributed by atoms with E-state index in [2.05, 4.69) is 4.98 Å². The molecule has 0 saturated carbocycles. The number of aromatic amines is 1. The van der Waals surface area contributed by atoms with Crippen molar-refractivity contribution in [2.75, 3.05) is 7.11 Å². The maximum absolute atomic E-state index is 12.8. The number of nitrogens with one attached hydrogen (secondary N) is 1. The third kappa shape index (κ3) is 4.58. The van der Waals surface area contributed by atoms with Gasteiger partial charge in [0.15, 0.2) is 5.78 Å². The largest absolute Gasteiger partial charge is 0.497 e. The normalized spacial score (nSPS) is 13.0. The lowest BCUT2D eigenvalue weighted by Gasteiger charge is -2.06. The van der Waals surface area contributed by atoms with Crippen LogP contribution in [0.25, 0.3) is 12.2 Å². The number of benzene rings is 2. The van der Waals surface area contributed by atoms with E-state index in [0.717, 1.165) is 23.5 Å². The minimum atomic E-state index is -4.46. The van der Waals surface area contributed by atoms with Gasteiger partial charge in [0.1, 0.15) is 5.75 Å². The summed E-state index contributed by atoms with van der Waals surface area (Å²) in [6.45, 7) is 0. The molecule has 1 heterocycles. The first-order valence-corrected chi connectivity index (χ1v) is 8.86. The molecule has 0 aliphatic heterocycles. The zero-order chi connectivity index (χ0) is 20.3. The highest BCUT2D eigenvalue weighted by Gasteiger charge is 2.30. The van der Waals surface area contributed by atoms with Crippen LogP contribution in [0.4, 0.5) is 13.2 Å². The molecule has 0 unspecified atom stereocenters. The van der Waals surface area contributed by atoms with Crippen molar-refractivity contribution in [2.45, 2.75) is 6.18 Å². The second-order valence-electron chi connectivity index (χ2n) is 5.79. The number of rotatable bonds is 4. The SMILES string of the molecule is COc1ccc(C(=O)/C=c2/[nH]c(=O)/c(=C\c3cccc(C(F)(F)F)c3)s2)cc1. The second-order valence-corrected chi connectivity index (χ2v) is 6.87.